The topological polar surface area (TPSA) is 75.7 Å². The number of para-hydroxylation sites is 2. The molecular weight excluding hydrogens is 444 g/mol. The van der Waals surface area contributed by atoms with Gasteiger partial charge in [-0.15, -0.1) is 11.3 Å². The molecule has 1 amide bonds. The number of hydrogen-bond acceptors (Lipinski definition) is 5. The van der Waals surface area contributed by atoms with Crippen molar-refractivity contribution in [3.63, 3.8) is 0 Å². The van der Waals surface area contributed by atoms with Crippen molar-refractivity contribution in [1.82, 2.24) is 9.62 Å². The zero-order valence-corrected chi connectivity index (χ0v) is 19.3. The van der Waals surface area contributed by atoms with Gasteiger partial charge in [0, 0.05) is 19.1 Å². The van der Waals surface area contributed by atoms with Crippen LogP contribution in [0, 0.1) is 0 Å². The van der Waals surface area contributed by atoms with Crippen molar-refractivity contribution in [3.8, 4) is 11.5 Å². The summed E-state index contributed by atoms with van der Waals surface area (Å²) in [6.07, 6.45) is 3.22. The smallest absolute Gasteiger partial charge is 0.255 e. The molecule has 1 atom stereocenters. The SMILES string of the molecule is O=C(NCCC1CCCCN1S(=O)(=O)c1cccs1)c1ccccc1Oc1ccccc1. The fourth-order valence-electron chi connectivity index (χ4n) is 3.91. The number of amides is 1. The van der Waals surface area contributed by atoms with Gasteiger partial charge in [0.05, 0.1) is 5.56 Å². The first-order valence-electron chi connectivity index (χ1n) is 10.7. The van der Waals surface area contributed by atoms with Crippen LogP contribution in [0.2, 0.25) is 0 Å². The summed E-state index contributed by atoms with van der Waals surface area (Å²) in [6, 6.07) is 19.7. The predicted molar refractivity (Wildman–Crippen MR) is 126 cm³/mol. The standard InChI is InChI=1S/C24H26N2O4S2/c27-24(21-12-4-5-13-22(21)30-20-10-2-1-3-11-20)25-16-15-19-9-6-7-17-26(19)32(28,29)23-14-8-18-31-23/h1-5,8,10-14,18-19H,6-7,9,15-17H2,(H,25,27). The van der Waals surface area contributed by atoms with Gasteiger partial charge in [0.2, 0.25) is 0 Å². The Kier molecular flexibility index (Phi) is 7.24. The van der Waals surface area contributed by atoms with E-state index in [1.165, 1.54) is 11.3 Å². The average molecular weight is 471 g/mol. The molecule has 32 heavy (non-hydrogen) atoms. The monoisotopic (exact) mass is 470 g/mol. The van der Waals surface area contributed by atoms with E-state index in [1.807, 2.05) is 36.4 Å². The minimum Gasteiger partial charge on any atom is -0.457 e. The summed E-state index contributed by atoms with van der Waals surface area (Å²) in [4.78, 5) is 12.8. The molecule has 0 saturated carbocycles. The van der Waals surface area contributed by atoms with Gasteiger partial charge in [-0.05, 0) is 55.0 Å². The van der Waals surface area contributed by atoms with Crippen LogP contribution in [-0.4, -0.2) is 37.8 Å². The van der Waals surface area contributed by atoms with Gasteiger partial charge < -0.3 is 10.1 Å². The highest BCUT2D eigenvalue weighted by Gasteiger charge is 2.33. The van der Waals surface area contributed by atoms with Crippen LogP contribution in [0.4, 0.5) is 0 Å². The van der Waals surface area contributed by atoms with Crippen LogP contribution in [-0.2, 0) is 10.0 Å². The lowest BCUT2D eigenvalue weighted by Gasteiger charge is -2.34. The Hall–Kier alpha value is -2.68. The summed E-state index contributed by atoms with van der Waals surface area (Å²) in [5.41, 5.74) is 0.447. The number of nitrogens with one attached hydrogen (secondary N) is 1. The molecule has 0 radical (unpaired) electrons. The van der Waals surface area contributed by atoms with Crippen LogP contribution < -0.4 is 10.1 Å². The van der Waals surface area contributed by atoms with Gasteiger partial charge in [-0.2, -0.15) is 4.31 Å². The quantitative estimate of drug-likeness (QED) is 0.508. The second kappa shape index (κ2) is 10.3. The van der Waals surface area contributed by atoms with Crippen molar-refractivity contribution in [2.45, 2.75) is 35.9 Å². The Balaban J connectivity index is 1.39. The molecule has 1 aliphatic heterocycles. The lowest BCUT2D eigenvalue weighted by molar-refractivity contribution is 0.0947. The maximum Gasteiger partial charge on any atom is 0.255 e. The number of sulfonamides is 1. The van der Waals surface area contributed by atoms with Crippen LogP contribution in [0.25, 0.3) is 0 Å². The van der Waals surface area contributed by atoms with Gasteiger partial charge in [0.1, 0.15) is 15.7 Å². The normalized spacial score (nSPS) is 17.1. The Bertz CT molecular complexity index is 1130. The largest absolute Gasteiger partial charge is 0.457 e. The minimum absolute atomic E-state index is 0.119. The van der Waals surface area contributed by atoms with Crippen molar-refractivity contribution in [3.05, 3.63) is 77.7 Å². The van der Waals surface area contributed by atoms with Crippen molar-refractivity contribution in [2.24, 2.45) is 0 Å². The molecule has 168 valence electrons. The number of hydrogen-bond donors (Lipinski definition) is 1. The summed E-state index contributed by atoms with van der Waals surface area (Å²) in [7, 11) is -3.49. The van der Waals surface area contributed by atoms with Gasteiger partial charge >= 0.3 is 0 Å². The highest BCUT2D eigenvalue weighted by molar-refractivity contribution is 7.91. The Morgan fingerprint density at radius 3 is 2.59 bits per heavy atom. The third kappa shape index (κ3) is 5.20. The summed E-state index contributed by atoms with van der Waals surface area (Å²) in [6.45, 7) is 0.909. The van der Waals surface area contributed by atoms with E-state index in [1.54, 1.807) is 40.0 Å². The van der Waals surface area contributed by atoms with Crippen molar-refractivity contribution in [2.75, 3.05) is 13.1 Å². The first-order chi connectivity index (χ1) is 15.6. The molecule has 0 spiro atoms. The summed E-state index contributed by atoms with van der Waals surface area (Å²) in [5, 5.41) is 4.72. The van der Waals surface area contributed by atoms with E-state index in [-0.39, 0.29) is 11.9 Å². The fourth-order valence-corrected chi connectivity index (χ4v) is 6.75. The molecular formula is C24H26N2O4S2. The minimum atomic E-state index is -3.49. The molecule has 2 heterocycles. The molecule has 4 rings (SSSR count). The Morgan fingerprint density at radius 2 is 1.81 bits per heavy atom. The van der Waals surface area contributed by atoms with Crippen molar-refractivity contribution in [1.29, 1.82) is 0 Å². The second-order valence-corrected chi connectivity index (χ2v) is 10.7. The Labute approximate surface area is 192 Å². The van der Waals surface area contributed by atoms with Crippen molar-refractivity contribution < 1.29 is 17.9 Å². The average Bonchev–Trinajstić information content (AvgIpc) is 3.36. The van der Waals surface area contributed by atoms with Gasteiger partial charge in [-0.1, -0.05) is 42.8 Å². The molecule has 0 bridgehead atoms. The zero-order valence-electron chi connectivity index (χ0n) is 17.6. The molecule has 1 saturated heterocycles. The van der Waals surface area contributed by atoms with E-state index in [9.17, 15) is 13.2 Å². The predicted octanol–water partition coefficient (Wildman–Crippen LogP) is 4.90. The zero-order chi connectivity index (χ0) is 22.4. The van der Waals surface area contributed by atoms with Crippen LogP contribution in [0.3, 0.4) is 0 Å². The molecule has 1 N–H and O–H groups in total. The summed E-state index contributed by atoms with van der Waals surface area (Å²) in [5.74, 6) is 0.903. The van der Waals surface area contributed by atoms with Crippen LogP contribution in [0.1, 0.15) is 36.0 Å². The number of carbonyl (C=O) groups is 1. The van der Waals surface area contributed by atoms with E-state index < -0.39 is 10.0 Å². The Morgan fingerprint density at radius 1 is 1.03 bits per heavy atom. The van der Waals surface area contributed by atoms with Gasteiger partial charge in [-0.3, -0.25) is 4.79 Å². The third-order valence-corrected chi connectivity index (χ3v) is 8.82. The van der Waals surface area contributed by atoms with Crippen LogP contribution in [0.15, 0.2) is 76.3 Å². The molecule has 0 aliphatic carbocycles. The molecule has 1 aliphatic rings. The molecule has 6 nitrogen and oxygen atoms in total. The molecule has 1 unspecified atom stereocenters. The van der Waals surface area contributed by atoms with E-state index >= 15 is 0 Å². The number of nitrogens with zero attached hydrogens (tertiary/aromatic N) is 1. The summed E-state index contributed by atoms with van der Waals surface area (Å²) < 4.78 is 33.9. The lowest BCUT2D eigenvalue weighted by atomic mass is 10.0. The number of ether oxygens (including phenoxy) is 1. The number of thiophene rings is 1. The molecule has 3 aromatic rings. The lowest BCUT2D eigenvalue weighted by Crippen LogP contribution is -2.44. The number of carbonyl (C=O) groups excluding carboxylic acids is 1. The van der Waals surface area contributed by atoms with Crippen molar-refractivity contribution >= 4 is 27.3 Å². The van der Waals surface area contributed by atoms with Crippen LogP contribution >= 0.6 is 11.3 Å². The van der Waals surface area contributed by atoms with E-state index in [4.69, 9.17) is 4.74 Å². The fraction of sp³-hybridized carbons (Fsp3) is 0.292. The van der Waals surface area contributed by atoms with Gasteiger partial charge in [0.25, 0.3) is 15.9 Å². The molecule has 1 fully saturated rings. The van der Waals surface area contributed by atoms with E-state index in [0.717, 1.165) is 19.3 Å². The first-order valence-corrected chi connectivity index (χ1v) is 13.0. The second-order valence-electron chi connectivity index (χ2n) is 7.65. The summed E-state index contributed by atoms with van der Waals surface area (Å²) >= 11 is 1.24. The highest BCUT2D eigenvalue weighted by atomic mass is 32.2. The van der Waals surface area contributed by atoms with Crippen LogP contribution in [0.5, 0.6) is 11.5 Å². The maximum atomic E-state index is 13.0. The van der Waals surface area contributed by atoms with E-state index in [0.29, 0.717) is 40.8 Å². The number of benzene rings is 2. The number of rotatable bonds is 8. The molecule has 2 aromatic carbocycles. The van der Waals surface area contributed by atoms with Gasteiger partial charge in [0.15, 0.2) is 0 Å². The third-order valence-electron chi connectivity index (χ3n) is 5.50. The van der Waals surface area contributed by atoms with Gasteiger partial charge in [-0.25, -0.2) is 8.42 Å². The maximum absolute atomic E-state index is 13.0. The van der Waals surface area contributed by atoms with E-state index in [2.05, 4.69) is 5.32 Å². The first kappa shape index (κ1) is 22.5. The molecule has 1 aromatic heterocycles. The number of piperidine rings is 1. The molecule has 8 heteroatoms. The highest BCUT2D eigenvalue weighted by Crippen LogP contribution is 2.29.